The number of ether oxygens (including phenoxy) is 4. The van der Waals surface area contributed by atoms with E-state index in [9.17, 15) is 0 Å². The molecular formula is C32H36FN5O4. The van der Waals surface area contributed by atoms with Gasteiger partial charge in [0.05, 0.1) is 23.6 Å². The predicted octanol–water partition coefficient (Wildman–Crippen LogP) is 5.20. The first kappa shape index (κ1) is 27.2. The van der Waals surface area contributed by atoms with E-state index in [1.807, 2.05) is 37.3 Å². The van der Waals surface area contributed by atoms with Crippen LogP contribution in [-0.4, -0.2) is 84.8 Å². The molecule has 0 N–H and O–H groups in total. The molecule has 42 heavy (non-hydrogen) atoms. The third-order valence-corrected chi connectivity index (χ3v) is 8.90. The molecule has 9 nitrogen and oxygen atoms in total. The van der Waals surface area contributed by atoms with Crippen LogP contribution in [0.3, 0.4) is 0 Å². The fraction of sp³-hybridized carbons (Fsp3) is 0.469. The molecule has 1 atom stereocenters. The fourth-order valence-corrected chi connectivity index (χ4v) is 6.88. The van der Waals surface area contributed by atoms with Crippen LogP contribution in [-0.2, 0) is 9.47 Å². The summed E-state index contributed by atoms with van der Waals surface area (Å²) in [6.45, 7) is 6.65. The minimum absolute atomic E-state index is 0.0233. The standard InChI is InChI=1S/C32H36FN5O4/c1-21-18-37(13-14-40-21)30-26-17-34-28(25-16-23(42-20-39-2)15-22-7-3-4-8-24(22)25)27(33)29(26)35-31(36-30)41-19-32-9-5-11-38(32)12-6-10-32/h3-4,7-8,15-17,21H,5-6,9-14,18-20H2,1-2H3. The lowest BCUT2D eigenvalue weighted by atomic mass is 9.95. The zero-order valence-corrected chi connectivity index (χ0v) is 24.1. The van der Waals surface area contributed by atoms with Crippen molar-refractivity contribution in [2.24, 2.45) is 0 Å². The van der Waals surface area contributed by atoms with E-state index in [-0.39, 0.29) is 35.7 Å². The maximum absolute atomic E-state index is 16.7. The van der Waals surface area contributed by atoms with Gasteiger partial charge >= 0.3 is 6.01 Å². The summed E-state index contributed by atoms with van der Waals surface area (Å²) in [6, 6.07) is 11.7. The Morgan fingerprint density at radius 1 is 1.05 bits per heavy atom. The molecule has 3 aliphatic heterocycles. The highest BCUT2D eigenvalue weighted by molar-refractivity contribution is 6.00. The fourth-order valence-electron chi connectivity index (χ4n) is 6.88. The molecule has 2 aromatic carbocycles. The highest BCUT2D eigenvalue weighted by atomic mass is 19.1. The molecule has 3 aliphatic rings. The number of hydrogen-bond acceptors (Lipinski definition) is 9. The number of methoxy groups -OCH3 is 1. The van der Waals surface area contributed by atoms with E-state index in [4.69, 9.17) is 23.9 Å². The number of nitrogens with zero attached hydrogens (tertiary/aromatic N) is 5. The SMILES string of the molecule is COCOc1cc(-c2ncc3c(N4CCOC(C)C4)nc(OCC45CCCN4CCC5)nc3c2F)c2ccccc2c1. The Morgan fingerprint density at radius 3 is 2.69 bits per heavy atom. The Kier molecular flexibility index (Phi) is 7.29. The first-order valence-corrected chi connectivity index (χ1v) is 14.8. The Labute approximate surface area is 244 Å². The number of pyridine rings is 1. The Hall–Kier alpha value is -3.60. The highest BCUT2D eigenvalue weighted by Crippen LogP contribution is 2.40. The van der Waals surface area contributed by atoms with E-state index in [0.29, 0.717) is 48.8 Å². The number of benzene rings is 2. The minimum atomic E-state index is -0.516. The van der Waals surface area contributed by atoms with Crippen molar-refractivity contribution >= 4 is 27.5 Å². The summed E-state index contributed by atoms with van der Waals surface area (Å²) in [7, 11) is 1.56. The molecule has 3 saturated heterocycles. The molecule has 0 aliphatic carbocycles. The van der Waals surface area contributed by atoms with Crippen LogP contribution >= 0.6 is 0 Å². The molecule has 220 valence electrons. The number of aromatic nitrogens is 3. The van der Waals surface area contributed by atoms with Crippen molar-refractivity contribution in [1.82, 2.24) is 19.9 Å². The van der Waals surface area contributed by atoms with Crippen LogP contribution in [0.5, 0.6) is 11.8 Å². The van der Waals surface area contributed by atoms with Crippen molar-refractivity contribution in [3.8, 4) is 23.0 Å². The number of fused-ring (bicyclic) bond motifs is 3. The Morgan fingerprint density at radius 2 is 1.88 bits per heavy atom. The smallest absolute Gasteiger partial charge is 0.319 e. The maximum atomic E-state index is 16.7. The van der Waals surface area contributed by atoms with Crippen LogP contribution in [0.1, 0.15) is 32.6 Å². The number of hydrogen-bond donors (Lipinski definition) is 0. The third-order valence-electron chi connectivity index (χ3n) is 8.90. The van der Waals surface area contributed by atoms with Gasteiger partial charge in [-0.2, -0.15) is 9.97 Å². The van der Waals surface area contributed by atoms with E-state index < -0.39 is 5.82 Å². The molecular weight excluding hydrogens is 537 g/mol. The van der Waals surface area contributed by atoms with Crippen molar-refractivity contribution in [1.29, 1.82) is 0 Å². The second-order valence-corrected chi connectivity index (χ2v) is 11.6. The monoisotopic (exact) mass is 573 g/mol. The minimum Gasteiger partial charge on any atom is -0.468 e. The molecule has 4 aromatic rings. The summed E-state index contributed by atoms with van der Waals surface area (Å²) >= 11 is 0. The van der Waals surface area contributed by atoms with Crippen LogP contribution in [0.25, 0.3) is 32.9 Å². The molecule has 3 fully saturated rings. The zero-order chi connectivity index (χ0) is 28.7. The second-order valence-electron chi connectivity index (χ2n) is 11.6. The molecule has 1 unspecified atom stereocenters. The van der Waals surface area contributed by atoms with Crippen molar-refractivity contribution in [2.75, 3.05) is 58.2 Å². The first-order chi connectivity index (χ1) is 20.5. The second kappa shape index (κ2) is 11.2. The van der Waals surface area contributed by atoms with E-state index in [1.165, 1.54) is 12.8 Å². The van der Waals surface area contributed by atoms with Gasteiger partial charge in [-0.15, -0.1) is 0 Å². The summed E-state index contributed by atoms with van der Waals surface area (Å²) in [6.07, 6.45) is 6.25. The summed E-state index contributed by atoms with van der Waals surface area (Å²) in [5.41, 5.74) is 1.03. The lowest BCUT2D eigenvalue weighted by Crippen LogP contribution is -2.44. The highest BCUT2D eigenvalue weighted by Gasteiger charge is 2.45. The van der Waals surface area contributed by atoms with Gasteiger partial charge in [-0.1, -0.05) is 24.3 Å². The van der Waals surface area contributed by atoms with Crippen LogP contribution < -0.4 is 14.4 Å². The van der Waals surface area contributed by atoms with Crippen LogP contribution in [0.4, 0.5) is 10.2 Å². The lowest BCUT2D eigenvalue weighted by Gasteiger charge is -2.33. The van der Waals surface area contributed by atoms with Gasteiger partial charge in [-0.3, -0.25) is 9.88 Å². The molecule has 10 heteroatoms. The van der Waals surface area contributed by atoms with Gasteiger partial charge in [0.25, 0.3) is 0 Å². The van der Waals surface area contributed by atoms with Gasteiger partial charge in [-0.05, 0) is 68.6 Å². The molecule has 5 heterocycles. The average Bonchev–Trinajstić information content (AvgIpc) is 3.59. The number of rotatable bonds is 8. The summed E-state index contributed by atoms with van der Waals surface area (Å²) in [4.78, 5) is 18.8. The lowest BCUT2D eigenvalue weighted by molar-refractivity contribution is 0.0512. The van der Waals surface area contributed by atoms with E-state index >= 15 is 4.39 Å². The Balaban J connectivity index is 1.34. The molecule has 7 rings (SSSR count). The van der Waals surface area contributed by atoms with Gasteiger partial charge in [0.1, 0.15) is 29.4 Å². The average molecular weight is 574 g/mol. The molecule has 0 bridgehead atoms. The van der Waals surface area contributed by atoms with Gasteiger partial charge in [0.15, 0.2) is 12.6 Å². The van der Waals surface area contributed by atoms with E-state index in [2.05, 4.69) is 19.8 Å². The summed E-state index contributed by atoms with van der Waals surface area (Å²) < 4.78 is 39.7. The number of morpholine rings is 1. The predicted molar refractivity (Wildman–Crippen MR) is 159 cm³/mol. The van der Waals surface area contributed by atoms with E-state index in [0.717, 1.165) is 36.7 Å². The van der Waals surface area contributed by atoms with Crippen molar-refractivity contribution in [3.63, 3.8) is 0 Å². The van der Waals surface area contributed by atoms with Crippen molar-refractivity contribution < 1.29 is 23.3 Å². The zero-order valence-electron chi connectivity index (χ0n) is 24.1. The van der Waals surface area contributed by atoms with Crippen LogP contribution in [0.15, 0.2) is 42.6 Å². The van der Waals surface area contributed by atoms with Crippen molar-refractivity contribution in [3.05, 3.63) is 48.4 Å². The van der Waals surface area contributed by atoms with E-state index in [1.54, 1.807) is 19.4 Å². The molecule has 0 amide bonds. The summed E-state index contributed by atoms with van der Waals surface area (Å²) in [5, 5.41) is 2.33. The van der Waals surface area contributed by atoms with Gasteiger partial charge in [0, 0.05) is 32.0 Å². The largest absolute Gasteiger partial charge is 0.468 e. The molecule has 0 spiro atoms. The normalized spacial score (nSPS) is 20.4. The van der Waals surface area contributed by atoms with Gasteiger partial charge < -0.3 is 23.8 Å². The van der Waals surface area contributed by atoms with Gasteiger partial charge in [0.2, 0.25) is 0 Å². The Bertz CT molecular complexity index is 1610. The first-order valence-electron chi connectivity index (χ1n) is 14.8. The third kappa shape index (κ3) is 4.91. The van der Waals surface area contributed by atoms with Gasteiger partial charge in [-0.25, -0.2) is 4.39 Å². The molecule has 2 aromatic heterocycles. The quantitative estimate of drug-likeness (QED) is 0.264. The topological polar surface area (TPSA) is 82.1 Å². The van der Waals surface area contributed by atoms with Crippen molar-refractivity contribution in [2.45, 2.75) is 44.2 Å². The molecule has 0 radical (unpaired) electrons. The summed E-state index contributed by atoms with van der Waals surface area (Å²) in [5.74, 6) is 0.675. The van der Waals surface area contributed by atoms with Crippen LogP contribution in [0, 0.1) is 5.82 Å². The maximum Gasteiger partial charge on any atom is 0.319 e. The number of halogens is 1. The van der Waals surface area contributed by atoms with Crippen LogP contribution in [0.2, 0.25) is 0 Å². The molecule has 0 saturated carbocycles. The number of anilines is 1.